The van der Waals surface area contributed by atoms with Gasteiger partial charge in [-0.15, -0.1) is 0 Å². The van der Waals surface area contributed by atoms with E-state index in [-0.39, 0.29) is 10.5 Å². The predicted molar refractivity (Wildman–Crippen MR) is 105 cm³/mol. The molecule has 1 aliphatic rings. The number of para-hydroxylation sites is 1. The SMILES string of the molecule is CCNC(=O)[C@H](C)OC(=O)c1cccc(S(=O)(=O)N2CCc3ccccc32)c1. The van der Waals surface area contributed by atoms with Gasteiger partial charge in [0.15, 0.2) is 6.10 Å². The number of fused-ring (bicyclic) bond motifs is 1. The maximum absolute atomic E-state index is 13.1. The lowest BCUT2D eigenvalue weighted by atomic mass is 10.2. The summed E-state index contributed by atoms with van der Waals surface area (Å²) in [5.74, 6) is -1.16. The summed E-state index contributed by atoms with van der Waals surface area (Å²) >= 11 is 0. The molecule has 0 unspecified atom stereocenters. The average Bonchev–Trinajstić information content (AvgIpc) is 3.13. The topological polar surface area (TPSA) is 92.8 Å². The minimum absolute atomic E-state index is 0.00400. The summed E-state index contributed by atoms with van der Waals surface area (Å²) in [7, 11) is -3.82. The third-order valence-corrected chi connectivity index (χ3v) is 6.32. The molecular formula is C20H22N2O5S. The number of hydrogen-bond donors (Lipinski definition) is 1. The molecule has 1 N–H and O–H groups in total. The molecule has 1 aliphatic heterocycles. The van der Waals surface area contributed by atoms with Gasteiger partial charge in [-0.05, 0) is 50.1 Å². The Morgan fingerprint density at radius 3 is 2.68 bits per heavy atom. The number of amides is 1. The van der Waals surface area contributed by atoms with Gasteiger partial charge in [0.1, 0.15) is 0 Å². The zero-order valence-corrected chi connectivity index (χ0v) is 16.5. The number of nitrogens with zero attached hydrogens (tertiary/aromatic N) is 1. The fourth-order valence-corrected chi connectivity index (χ4v) is 4.62. The number of likely N-dealkylation sites (N-methyl/N-ethyl adjacent to an activating group) is 1. The van der Waals surface area contributed by atoms with Gasteiger partial charge in [0.05, 0.1) is 16.1 Å². The van der Waals surface area contributed by atoms with Crippen LogP contribution in [0.3, 0.4) is 0 Å². The van der Waals surface area contributed by atoms with Crippen molar-refractivity contribution in [2.75, 3.05) is 17.4 Å². The van der Waals surface area contributed by atoms with Gasteiger partial charge in [-0.1, -0.05) is 24.3 Å². The van der Waals surface area contributed by atoms with Gasteiger partial charge in [0, 0.05) is 13.1 Å². The molecule has 8 heteroatoms. The maximum Gasteiger partial charge on any atom is 0.338 e. The van der Waals surface area contributed by atoms with Gasteiger partial charge in [-0.3, -0.25) is 9.10 Å². The molecule has 148 valence electrons. The molecule has 1 amide bonds. The molecule has 1 atom stereocenters. The Hall–Kier alpha value is -2.87. The standard InChI is InChI=1S/C20H22N2O5S/c1-3-21-19(23)14(2)27-20(24)16-8-6-9-17(13-16)28(25,26)22-12-11-15-7-4-5-10-18(15)22/h4-10,13-14H,3,11-12H2,1-2H3,(H,21,23)/t14-/m0/s1. The minimum Gasteiger partial charge on any atom is -0.449 e. The van der Waals surface area contributed by atoms with Crippen LogP contribution in [0.4, 0.5) is 5.69 Å². The Morgan fingerprint density at radius 2 is 1.93 bits per heavy atom. The lowest BCUT2D eigenvalue weighted by molar-refractivity contribution is -0.128. The lowest BCUT2D eigenvalue weighted by Crippen LogP contribution is -2.35. The van der Waals surface area contributed by atoms with Crippen LogP contribution in [0.1, 0.15) is 29.8 Å². The Bertz CT molecular complexity index is 1000. The van der Waals surface area contributed by atoms with E-state index in [1.807, 2.05) is 12.1 Å². The first-order chi connectivity index (χ1) is 13.3. The van der Waals surface area contributed by atoms with Gasteiger partial charge >= 0.3 is 5.97 Å². The van der Waals surface area contributed by atoms with E-state index in [9.17, 15) is 18.0 Å². The molecule has 2 aromatic carbocycles. The highest BCUT2D eigenvalue weighted by Gasteiger charge is 2.31. The normalized spacial score (nSPS) is 14.3. The molecule has 0 saturated heterocycles. The van der Waals surface area contributed by atoms with Crippen molar-refractivity contribution >= 4 is 27.6 Å². The summed E-state index contributed by atoms with van der Waals surface area (Å²) in [5, 5.41) is 2.57. The molecule has 28 heavy (non-hydrogen) atoms. The zero-order valence-electron chi connectivity index (χ0n) is 15.7. The van der Waals surface area contributed by atoms with Crippen molar-refractivity contribution in [2.45, 2.75) is 31.3 Å². The summed E-state index contributed by atoms with van der Waals surface area (Å²) in [6.07, 6.45) is -0.334. The van der Waals surface area contributed by atoms with Gasteiger partial charge in [0.25, 0.3) is 15.9 Å². The molecule has 1 heterocycles. The molecule has 0 fully saturated rings. The highest BCUT2D eigenvalue weighted by molar-refractivity contribution is 7.92. The van der Waals surface area contributed by atoms with Crippen LogP contribution in [0.15, 0.2) is 53.4 Å². The number of sulfonamides is 1. The smallest absolute Gasteiger partial charge is 0.338 e. The third kappa shape index (κ3) is 3.87. The highest BCUT2D eigenvalue weighted by atomic mass is 32.2. The second-order valence-electron chi connectivity index (χ2n) is 6.43. The number of hydrogen-bond acceptors (Lipinski definition) is 5. The molecule has 2 aromatic rings. The van der Waals surface area contributed by atoms with E-state index in [0.717, 1.165) is 5.56 Å². The molecular weight excluding hydrogens is 380 g/mol. The first-order valence-corrected chi connectivity index (χ1v) is 10.5. The predicted octanol–water partition coefficient (Wildman–Crippen LogP) is 2.12. The van der Waals surface area contributed by atoms with Crippen molar-refractivity contribution in [3.05, 3.63) is 59.7 Å². The second kappa shape index (κ2) is 8.02. The molecule has 7 nitrogen and oxygen atoms in total. The summed E-state index contributed by atoms with van der Waals surface area (Å²) in [4.78, 5) is 24.1. The Morgan fingerprint density at radius 1 is 1.18 bits per heavy atom. The summed E-state index contributed by atoms with van der Waals surface area (Å²) in [5.41, 5.74) is 1.70. The van der Waals surface area contributed by atoms with Crippen LogP contribution < -0.4 is 9.62 Å². The number of ether oxygens (including phenoxy) is 1. The molecule has 0 bridgehead atoms. The van der Waals surface area contributed by atoms with Crippen LogP contribution >= 0.6 is 0 Å². The van der Waals surface area contributed by atoms with Crippen molar-refractivity contribution in [2.24, 2.45) is 0 Å². The van der Waals surface area contributed by atoms with Gasteiger partial charge in [-0.2, -0.15) is 0 Å². The molecule has 0 aromatic heterocycles. The monoisotopic (exact) mass is 402 g/mol. The van der Waals surface area contributed by atoms with E-state index in [1.54, 1.807) is 19.1 Å². The second-order valence-corrected chi connectivity index (χ2v) is 8.29. The van der Waals surface area contributed by atoms with Crippen molar-refractivity contribution in [1.82, 2.24) is 5.32 Å². The first-order valence-electron chi connectivity index (χ1n) is 9.04. The largest absolute Gasteiger partial charge is 0.449 e. The van der Waals surface area contributed by atoms with Crippen LogP contribution in [0.25, 0.3) is 0 Å². The number of esters is 1. The van der Waals surface area contributed by atoms with E-state index in [4.69, 9.17) is 4.74 Å². The van der Waals surface area contributed by atoms with E-state index in [1.165, 1.54) is 35.5 Å². The number of carbonyl (C=O) groups is 2. The fraction of sp³-hybridized carbons (Fsp3) is 0.300. The van der Waals surface area contributed by atoms with E-state index >= 15 is 0 Å². The van der Waals surface area contributed by atoms with Crippen molar-refractivity contribution in [1.29, 1.82) is 0 Å². The van der Waals surface area contributed by atoms with Crippen LogP contribution in [-0.2, 0) is 26.0 Å². The number of benzene rings is 2. The van der Waals surface area contributed by atoms with Crippen LogP contribution in [0, 0.1) is 0 Å². The van der Waals surface area contributed by atoms with Gasteiger partial charge in [-0.25, -0.2) is 13.2 Å². The third-order valence-electron chi connectivity index (χ3n) is 4.51. The average molecular weight is 402 g/mol. The number of carbonyl (C=O) groups excluding carboxylic acids is 2. The summed E-state index contributed by atoms with van der Waals surface area (Å²) in [6, 6.07) is 13.0. The van der Waals surface area contributed by atoms with Crippen molar-refractivity contribution < 1.29 is 22.7 Å². The first kappa shape index (κ1) is 19.9. The quantitative estimate of drug-likeness (QED) is 0.747. The maximum atomic E-state index is 13.1. The van der Waals surface area contributed by atoms with E-state index in [0.29, 0.717) is 25.2 Å². The molecule has 0 saturated carbocycles. The van der Waals surface area contributed by atoms with Crippen LogP contribution in [0.5, 0.6) is 0 Å². The summed E-state index contributed by atoms with van der Waals surface area (Å²) in [6.45, 7) is 4.00. The Labute approximate surface area is 164 Å². The molecule has 3 rings (SSSR count). The molecule has 0 aliphatic carbocycles. The van der Waals surface area contributed by atoms with E-state index in [2.05, 4.69) is 5.32 Å². The molecule has 0 radical (unpaired) electrons. The van der Waals surface area contributed by atoms with Crippen molar-refractivity contribution in [3.8, 4) is 0 Å². The minimum atomic E-state index is -3.82. The van der Waals surface area contributed by atoms with Crippen LogP contribution in [0.2, 0.25) is 0 Å². The van der Waals surface area contributed by atoms with Gasteiger partial charge in [0.2, 0.25) is 0 Å². The lowest BCUT2D eigenvalue weighted by Gasteiger charge is -2.20. The Kier molecular flexibility index (Phi) is 5.69. The Balaban J connectivity index is 1.83. The van der Waals surface area contributed by atoms with Gasteiger partial charge < -0.3 is 10.1 Å². The number of rotatable bonds is 6. The van der Waals surface area contributed by atoms with E-state index < -0.39 is 28.0 Å². The summed E-state index contributed by atoms with van der Waals surface area (Å²) < 4.78 is 32.7. The fourth-order valence-electron chi connectivity index (χ4n) is 3.07. The zero-order chi connectivity index (χ0) is 20.3. The molecule has 0 spiro atoms. The number of nitrogens with one attached hydrogen (secondary N) is 1. The van der Waals surface area contributed by atoms with Crippen LogP contribution in [-0.4, -0.2) is 39.5 Å². The number of anilines is 1. The highest BCUT2D eigenvalue weighted by Crippen LogP contribution is 2.32. The van der Waals surface area contributed by atoms with Crippen molar-refractivity contribution in [3.63, 3.8) is 0 Å².